The van der Waals surface area contributed by atoms with Crippen molar-refractivity contribution < 1.29 is 23.9 Å². The summed E-state index contributed by atoms with van der Waals surface area (Å²) in [5, 5.41) is 5.66. The fourth-order valence-electron chi connectivity index (χ4n) is 4.24. The summed E-state index contributed by atoms with van der Waals surface area (Å²) >= 11 is 0. The Hall–Kier alpha value is -4.13. The van der Waals surface area contributed by atoms with Gasteiger partial charge in [-0.1, -0.05) is 84.9 Å². The first kappa shape index (κ1) is 26.9. The van der Waals surface area contributed by atoms with E-state index in [9.17, 15) is 14.4 Å². The molecule has 1 aliphatic carbocycles. The third-order valence-corrected chi connectivity index (χ3v) is 6.22. The van der Waals surface area contributed by atoms with Crippen LogP contribution in [0.3, 0.4) is 0 Å². The zero-order valence-electron chi connectivity index (χ0n) is 22.0. The molecule has 4 rings (SSSR count). The molecular weight excluding hydrogens is 480 g/mol. The maximum atomic E-state index is 13.5. The van der Waals surface area contributed by atoms with Gasteiger partial charge in [-0.15, -0.1) is 0 Å². The minimum Gasteiger partial charge on any atom is -0.445 e. The second-order valence-corrected chi connectivity index (χ2v) is 10.5. The lowest BCUT2D eigenvalue weighted by molar-refractivity contribution is 0.0522. The fraction of sp³-hybridized carbons (Fsp3) is 0.323. The minimum atomic E-state index is -0.783. The van der Waals surface area contributed by atoms with Gasteiger partial charge in [-0.3, -0.25) is 4.79 Å². The minimum absolute atomic E-state index is 0.0123. The van der Waals surface area contributed by atoms with E-state index in [0.717, 1.165) is 23.1 Å². The first-order valence-electron chi connectivity index (χ1n) is 12.8. The number of amides is 2. The van der Waals surface area contributed by atoms with Gasteiger partial charge in [0.1, 0.15) is 12.2 Å². The Bertz CT molecular complexity index is 1240. The summed E-state index contributed by atoms with van der Waals surface area (Å²) < 4.78 is 10.7. The van der Waals surface area contributed by atoms with Crippen LogP contribution in [0, 0.1) is 0 Å². The van der Waals surface area contributed by atoms with Crippen LogP contribution in [0.1, 0.15) is 60.2 Å². The van der Waals surface area contributed by atoms with E-state index in [-0.39, 0.29) is 24.3 Å². The Morgan fingerprint density at radius 3 is 2.05 bits per heavy atom. The summed E-state index contributed by atoms with van der Waals surface area (Å²) in [5.74, 6) is -0.0193. The zero-order valence-corrected chi connectivity index (χ0v) is 22.0. The van der Waals surface area contributed by atoms with Crippen LogP contribution in [0.5, 0.6) is 0 Å². The molecule has 0 saturated heterocycles. The SMILES string of the molecule is CC(C)(C)OC(=O)N[C@@H]1C[C@H]1c1ccc(C(=O)[C@H](Cc2ccccc2)NC(=O)OCc2ccccc2)cc1. The normalized spacial score (nSPS) is 17.1. The number of ether oxygens (including phenoxy) is 2. The number of Topliss-reactive ketones (excluding diaryl/α,β-unsaturated/α-hetero) is 1. The Labute approximate surface area is 223 Å². The lowest BCUT2D eigenvalue weighted by atomic mass is 9.96. The van der Waals surface area contributed by atoms with Gasteiger partial charge in [-0.2, -0.15) is 0 Å². The van der Waals surface area contributed by atoms with E-state index < -0.39 is 23.8 Å². The molecule has 1 saturated carbocycles. The largest absolute Gasteiger partial charge is 0.445 e. The van der Waals surface area contributed by atoms with E-state index in [1.54, 1.807) is 12.1 Å². The average Bonchev–Trinajstić information content (AvgIpc) is 3.65. The van der Waals surface area contributed by atoms with Crippen LogP contribution >= 0.6 is 0 Å². The topological polar surface area (TPSA) is 93.7 Å². The Morgan fingerprint density at radius 2 is 1.45 bits per heavy atom. The van der Waals surface area contributed by atoms with Crippen molar-refractivity contribution >= 4 is 18.0 Å². The molecule has 0 heterocycles. The smallest absolute Gasteiger partial charge is 0.408 e. The van der Waals surface area contributed by atoms with Crippen LogP contribution in [0.4, 0.5) is 9.59 Å². The monoisotopic (exact) mass is 514 g/mol. The van der Waals surface area contributed by atoms with Gasteiger partial charge in [-0.05, 0) is 43.9 Å². The molecule has 0 aliphatic heterocycles. The predicted octanol–water partition coefficient (Wildman–Crippen LogP) is 5.79. The first-order chi connectivity index (χ1) is 18.2. The molecule has 0 aromatic heterocycles. The van der Waals surface area contributed by atoms with Crippen molar-refractivity contribution in [3.8, 4) is 0 Å². The van der Waals surface area contributed by atoms with Crippen molar-refractivity contribution in [1.29, 1.82) is 0 Å². The van der Waals surface area contributed by atoms with E-state index in [1.807, 2.05) is 93.6 Å². The van der Waals surface area contributed by atoms with Crippen molar-refractivity contribution in [2.75, 3.05) is 0 Å². The summed E-state index contributed by atoms with van der Waals surface area (Å²) in [6.07, 6.45) is 0.0872. The number of nitrogens with one attached hydrogen (secondary N) is 2. The van der Waals surface area contributed by atoms with E-state index in [2.05, 4.69) is 10.6 Å². The molecule has 0 spiro atoms. The number of ketones is 1. The number of benzene rings is 3. The van der Waals surface area contributed by atoms with Crippen LogP contribution in [-0.2, 0) is 22.5 Å². The molecular formula is C31H34N2O5. The number of hydrogen-bond acceptors (Lipinski definition) is 5. The van der Waals surface area contributed by atoms with Crippen LogP contribution in [0.2, 0.25) is 0 Å². The Balaban J connectivity index is 1.38. The van der Waals surface area contributed by atoms with E-state index >= 15 is 0 Å². The second kappa shape index (κ2) is 11.9. The average molecular weight is 515 g/mol. The molecule has 0 unspecified atom stereocenters. The van der Waals surface area contributed by atoms with E-state index in [1.165, 1.54) is 0 Å². The maximum absolute atomic E-state index is 13.5. The molecule has 0 radical (unpaired) electrons. The Kier molecular flexibility index (Phi) is 8.46. The highest BCUT2D eigenvalue weighted by atomic mass is 16.6. The first-order valence-corrected chi connectivity index (χ1v) is 12.8. The summed E-state index contributed by atoms with van der Waals surface area (Å²) in [5.41, 5.74) is 2.78. The molecule has 7 nitrogen and oxygen atoms in total. The highest BCUT2D eigenvalue weighted by molar-refractivity contribution is 6.01. The van der Waals surface area contributed by atoms with Crippen molar-refractivity contribution in [2.24, 2.45) is 0 Å². The lowest BCUT2D eigenvalue weighted by Gasteiger charge is -2.19. The molecule has 0 bridgehead atoms. The van der Waals surface area contributed by atoms with Gasteiger partial charge in [0.15, 0.2) is 5.78 Å². The standard InChI is InChI=1S/C31H34N2O5/c1-31(2,3)38-30(36)32-26-19-25(26)23-14-16-24(17-15-23)28(34)27(18-21-10-6-4-7-11-21)33-29(35)37-20-22-12-8-5-9-13-22/h4-17,25-27H,18-20H2,1-3H3,(H,32,36)(H,33,35)/t25-,26+,27-/m0/s1. The summed E-state index contributed by atoms with van der Waals surface area (Å²) in [7, 11) is 0. The van der Waals surface area contributed by atoms with Crippen LogP contribution in [0.15, 0.2) is 84.9 Å². The number of rotatable bonds is 9. The molecule has 3 atom stereocenters. The van der Waals surface area contributed by atoms with Gasteiger partial charge in [-0.25, -0.2) is 9.59 Å². The van der Waals surface area contributed by atoms with Crippen LogP contribution in [0.25, 0.3) is 0 Å². The summed E-state index contributed by atoms with van der Waals surface area (Å²) in [4.78, 5) is 38.1. The predicted molar refractivity (Wildman–Crippen MR) is 145 cm³/mol. The van der Waals surface area contributed by atoms with Gasteiger partial charge >= 0.3 is 12.2 Å². The van der Waals surface area contributed by atoms with Gasteiger partial charge < -0.3 is 20.1 Å². The van der Waals surface area contributed by atoms with Crippen molar-refractivity contribution in [3.63, 3.8) is 0 Å². The molecule has 1 fully saturated rings. The Morgan fingerprint density at radius 1 is 0.842 bits per heavy atom. The van der Waals surface area contributed by atoms with Crippen molar-refractivity contribution in [3.05, 3.63) is 107 Å². The van der Waals surface area contributed by atoms with Crippen molar-refractivity contribution in [2.45, 2.75) is 63.8 Å². The molecule has 3 aromatic rings. The fourth-order valence-corrected chi connectivity index (χ4v) is 4.24. The highest BCUT2D eigenvalue weighted by Crippen LogP contribution is 2.41. The van der Waals surface area contributed by atoms with Crippen LogP contribution < -0.4 is 10.6 Å². The van der Waals surface area contributed by atoms with E-state index in [4.69, 9.17) is 9.47 Å². The molecule has 198 valence electrons. The van der Waals surface area contributed by atoms with Gasteiger partial charge in [0.2, 0.25) is 0 Å². The van der Waals surface area contributed by atoms with E-state index in [0.29, 0.717) is 12.0 Å². The number of hydrogen-bond donors (Lipinski definition) is 2. The quantitative estimate of drug-likeness (QED) is 0.353. The molecule has 38 heavy (non-hydrogen) atoms. The summed E-state index contributed by atoms with van der Waals surface area (Å²) in [6.45, 7) is 5.61. The second-order valence-electron chi connectivity index (χ2n) is 10.5. The highest BCUT2D eigenvalue weighted by Gasteiger charge is 2.40. The zero-order chi connectivity index (χ0) is 27.1. The number of alkyl carbamates (subject to hydrolysis) is 2. The molecule has 7 heteroatoms. The van der Waals surface area contributed by atoms with Crippen LogP contribution in [-0.4, -0.2) is 35.7 Å². The molecule has 1 aliphatic rings. The number of carbonyl (C=O) groups is 3. The van der Waals surface area contributed by atoms with Crippen molar-refractivity contribution in [1.82, 2.24) is 10.6 Å². The third-order valence-electron chi connectivity index (χ3n) is 6.22. The van der Waals surface area contributed by atoms with Gasteiger partial charge in [0.25, 0.3) is 0 Å². The summed E-state index contributed by atoms with van der Waals surface area (Å²) in [6, 6.07) is 25.5. The van der Waals surface area contributed by atoms with Gasteiger partial charge in [0, 0.05) is 23.9 Å². The number of carbonyl (C=O) groups excluding carboxylic acids is 3. The third kappa shape index (κ3) is 7.93. The maximum Gasteiger partial charge on any atom is 0.408 e. The van der Waals surface area contributed by atoms with Gasteiger partial charge in [0.05, 0.1) is 6.04 Å². The molecule has 2 amide bonds. The lowest BCUT2D eigenvalue weighted by Crippen LogP contribution is -2.42. The molecule has 3 aromatic carbocycles. The molecule has 2 N–H and O–H groups in total.